The summed E-state index contributed by atoms with van der Waals surface area (Å²) in [6, 6.07) is 5.37. The third-order valence-electron chi connectivity index (χ3n) is 5.59. The van der Waals surface area contributed by atoms with Gasteiger partial charge in [-0.3, -0.25) is 4.55 Å². The number of hydrogen-bond acceptors (Lipinski definition) is 2. The van der Waals surface area contributed by atoms with Crippen molar-refractivity contribution in [3.8, 4) is 0 Å². The van der Waals surface area contributed by atoms with Gasteiger partial charge in [0.1, 0.15) is 0 Å². The molecule has 0 saturated carbocycles. The highest BCUT2D eigenvalue weighted by atomic mass is 32.2. The van der Waals surface area contributed by atoms with E-state index in [1.54, 1.807) is 12.1 Å². The monoisotopic (exact) mass is 410 g/mol. The van der Waals surface area contributed by atoms with Gasteiger partial charge >= 0.3 is 0 Å². The molecule has 0 saturated heterocycles. The summed E-state index contributed by atoms with van der Waals surface area (Å²) in [5.74, 6) is 0. The molecule has 0 fully saturated rings. The molecule has 28 heavy (non-hydrogen) atoms. The van der Waals surface area contributed by atoms with Crippen molar-refractivity contribution in [1.82, 2.24) is 0 Å². The maximum Gasteiger partial charge on any atom is 0.294 e. The number of aryl methyl sites for hydroxylation is 1. The molecule has 0 bridgehead atoms. The van der Waals surface area contributed by atoms with Crippen molar-refractivity contribution >= 4 is 10.1 Å². The van der Waals surface area contributed by atoms with Gasteiger partial charge in [-0.2, -0.15) is 8.42 Å². The van der Waals surface area contributed by atoms with Gasteiger partial charge in [-0.15, -0.1) is 0 Å². The minimum absolute atomic E-state index is 0.124. The molecule has 0 aromatic heterocycles. The molecular weight excluding hydrogens is 368 g/mol. The standard InChI is InChI=1S/C24H42O3S/c1-3-5-7-9-11-12-14-16-20-23-22(18-15-13-10-8-6-4-2)19-17-21-24(23)28(25,26)27/h17,19,21H,3-16,18,20H2,1-2H3,(H,25,26,27). The third kappa shape index (κ3) is 10.6. The van der Waals surface area contributed by atoms with E-state index >= 15 is 0 Å². The van der Waals surface area contributed by atoms with Crippen molar-refractivity contribution in [3.63, 3.8) is 0 Å². The van der Waals surface area contributed by atoms with Gasteiger partial charge in [0, 0.05) is 0 Å². The van der Waals surface area contributed by atoms with Crippen LogP contribution in [-0.4, -0.2) is 13.0 Å². The number of hydrogen-bond donors (Lipinski definition) is 1. The fraction of sp³-hybridized carbons (Fsp3) is 0.750. The molecule has 0 amide bonds. The topological polar surface area (TPSA) is 54.4 Å². The Balaban J connectivity index is 2.57. The average Bonchev–Trinajstić information content (AvgIpc) is 2.66. The molecule has 0 unspecified atom stereocenters. The minimum atomic E-state index is -4.16. The molecule has 0 aliphatic carbocycles. The van der Waals surface area contributed by atoms with Crippen molar-refractivity contribution in [1.29, 1.82) is 0 Å². The first-order valence-electron chi connectivity index (χ1n) is 11.6. The Morgan fingerprint density at radius 2 is 1.14 bits per heavy atom. The maximum atomic E-state index is 11.8. The van der Waals surface area contributed by atoms with Crippen molar-refractivity contribution in [2.45, 2.75) is 121 Å². The van der Waals surface area contributed by atoms with Crippen molar-refractivity contribution in [3.05, 3.63) is 29.3 Å². The van der Waals surface area contributed by atoms with Crippen LogP contribution >= 0.6 is 0 Å². The summed E-state index contributed by atoms with van der Waals surface area (Å²) in [4.78, 5) is 0.124. The molecule has 0 heterocycles. The van der Waals surface area contributed by atoms with Crippen LogP contribution in [-0.2, 0) is 23.0 Å². The molecule has 4 heteroatoms. The van der Waals surface area contributed by atoms with Crippen LogP contribution in [0.2, 0.25) is 0 Å². The van der Waals surface area contributed by atoms with Crippen molar-refractivity contribution in [2.75, 3.05) is 0 Å². The molecule has 1 N–H and O–H groups in total. The minimum Gasteiger partial charge on any atom is -0.282 e. The predicted octanol–water partition coefficient (Wildman–Crippen LogP) is 7.52. The largest absolute Gasteiger partial charge is 0.294 e. The molecule has 0 spiro atoms. The first kappa shape index (κ1) is 25.2. The molecule has 0 radical (unpaired) electrons. The van der Waals surface area contributed by atoms with E-state index in [0.717, 1.165) is 43.2 Å². The second-order valence-corrected chi connectivity index (χ2v) is 9.50. The maximum absolute atomic E-state index is 11.8. The van der Waals surface area contributed by atoms with Crippen LogP contribution in [0.15, 0.2) is 23.1 Å². The molecule has 1 aromatic carbocycles. The SMILES string of the molecule is CCCCCCCCCCc1c(CCCCCCCC)cccc1S(=O)(=O)O. The van der Waals surface area contributed by atoms with Crippen LogP contribution in [0.5, 0.6) is 0 Å². The molecule has 0 aliphatic heterocycles. The summed E-state index contributed by atoms with van der Waals surface area (Å²) in [6.45, 7) is 4.45. The Hall–Kier alpha value is -0.870. The summed E-state index contributed by atoms with van der Waals surface area (Å²) >= 11 is 0. The van der Waals surface area contributed by atoms with E-state index in [1.807, 2.05) is 6.07 Å². The zero-order chi connectivity index (χ0) is 20.7. The normalized spacial score (nSPS) is 11.8. The fourth-order valence-electron chi connectivity index (χ4n) is 3.90. The van der Waals surface area contributed by atoms with Crippen molar-refractivity contribution < 1.29 is 13.0 Å². The Morgan fingerprint density at radius 3 is 1.64 bits per heavy atom. The van der Waals surface area contributed by atoms with Gasteiger partial charge in [0.25, 0.3) is 10.1 Å². The summed E-state index contributed by atoms with van der Waals surface area (Å²) in [5, 5.41) is 0. The van der Waals surface area contributed by atoms with Crippen LogP contribution < -0.4 is 0 Å². The van der Waals surface area contributed by atoms with E-state index < -0.39 is 10.1 Å². The summed E-state index contributed by atoms with van der Waals surface area (Å²) in [5.41, 5.74) is 1.96. The lowest BCUT2D eigenvalue weighted by Gasteiger charge is -2.13. The molecule has 1 aromatic rings. The van der Waals surface area contributed by atoms with Gasteiger partial charge in [0.05, 0.1) is 4.90 Å². The molecule has 3 nitrogen and oxygen atoms in total. The Morgan fingerprint density at radius 1 is 0.679 bits per heavy atom. The zero-order valence-electron chi connectivity index (χ0n) is 18.2. The van der Waals surface area contributed by atoms with E-state index in [2.05, 4.69) is 13.8 Å². The third-order valence-corrected chi connectivity index (χ3v) is 6.53. The lowest BCUT2D eigenvalue weighted by atomic mass is 9.96. The van der Waals surface area contributed by atoms with Gasteiger partial charge in [0.2, 0.25) is 0 Å². The first-order valence-corrected chi connectivity index (χ1v) is 13.0. The van der Waals surface area contributed by atoms with E-state index in [4.69, 9.17) is 0 Å². The number of rotatable bonds is 17. The van der Waals surface area contributed by atoms with Gasteiger partial charge in [-0.1, -0.05) is 103 Å². The van der Waals surface area contributed by atoms with Crippen LogP contribution in [0.4, 0.5) is 0 Å². The van der Waals surface area contributed by atoms with Crippen LogP contribution in [0.1, 0.15) is 115 Å². The zero-order valence-corrected chi connectivity index (χ0v) is 19.0. The highest BCUT2D eigenvalue weighted by molar-refractivity contribution is 7.85. The van der Waals surface area contributed by atoms with Gasteiger partial charge < -0.3 is 0 Å². The highest BCUT2D eigenvalue weighted by Gasteiger charge is 2.17. The average molecular weight is 411 g/mol. The van der Waals surface area contributed by atoms with Crippen LogP contribution in [0, 0.1) is 0 Å². The van der Waals surface area contributed by atoms with E-state index in [0.29, 0.717) is 0 Å². The van der Waals surface area contributed by atoms with Crippen LogP contribution in [0.3, 0.4) is 0 Å². The Kier molecular flexibility index (Phi) is 13.5. The number of benzene rings is 1. The molecule has 0 atom stereocenters. The highest BCUT2D eigenvalue weighted by Crippen LogP contribution is 2.24. The first-order chi connectivity index (χ1) is 13.5. The summed E-state index contributed by atoms with van der Waals surface area (Å²) in [6.07, 6.45) is 18.8. The Labute approximate surface area is 174 Å². The summed E-state index contributed by atoms with van der Waals surface area (Å²) in [7, 11) is -4.16. The Bertz CT molecular complexity index is 623. The second-order valence-electron chi connectivity index (χ2n) is 8.11. The van der Waals surface area contributed by atoms with Gasteiger partial charge in [0.15, 0.2) is 0 Å². The molecule has 0 aliphatic rings. The smallest absolute Gasteiger partial charge is 0.282 e. The molecular formula is C24H42O3S. The predicted molar refractivity (Wildman–Crippen MR) is 120 cm³/mol. The van der Waals surface area contributed by atoms with E-state index in [1.165, 1.54) is 70.6 Å². The van der Waals surface area contributed by atoms with Gasteiger partial charge in [-0.25, -0.2) is 0 Å². The van der Waals surface area contributed by atoms with E-state index in [9.17, 15) is 13.0 Å². The molecule has 162 valence electrons. The fourth-order valence-corrected chi connectivity index (χ4v) is 4.70. The van der Waals surface area contributed by atoms with E-state index in [-0.39, 0.29) is 4.90 Å². The quantitative estimate of drug-likeness (QED) is 0.213. The number of unbranched alkanes of at least 4 members (excludes halogenated alkanes) is 12. The van der Waals surface area contributed by atoms with Crippen molar-refractivity contribution in [2.24, 2.45) is 0 Å². The lowest BCUT2D eigenvalue weighted by molar-refractivity contribution is 0.481. The lowest BCUT2D eigenvalue weighted by Crippen LogP contribution is -2.07. The van der Waals surface area contributed by atoms with Crippen LogP contribution in [0.25, 0.3) is 0 Å². The van der Waals surface area contributed by atoms with Gasteiger partial charge in [-0.05, 0) is 42.9 Å². The summed E-state index contributed by atoms with van der Waals surface area (Å²) < 4.78 is 33.3. The molecule has 1 rings (SSSR count). The second kappa shape index (κ2) is 15.0.